The highest BCUT2D eigenvalue weighted by molar-refractivity contribution is 7.90. The van der Waals surface area contributed by atoms with Crippen LogP contribution < -0.4 is 5.32 Å². The van der Waals surface area contributed by atoms with Gasteiger partial charge in [-0.1, -0.05) is 37.6 Å². The Bertz CT molecular complexity index is 512. The van der Waals surface area contributed by atoms with Crippen molar-refractivity contribution < 1.29 is 8.42 Å². The average Bonchev–Trinajstić information content (AvgIpc) is 2.37. The van der Waals surface area contributed by atoms with E-state index in [0.717, 1.165) is 24.5 Å². The van der Waals surface area contributed by atoms with Gasteiger partial charge in [-0.25, -0.2) is 8.42 Å². The summed E-state index contributed by atoms with van der Waals surface area (Å²) in [5.74, 6) is 1.16. The number of nitrogens with one attached hydrogen (secondary N) is 1. The van der Waals surface area contributed by atoms with Gasteiger partial charge in [0.05, 0.1) is 5.75 Å². The topological polar surface area (TPSA) is 46.2 Å². The molecule has 1 atom stereocenters. The van der Waals surface area contributed by atoms with Gasteiger partial charge in [0.15, 0.2) is 0 Å². The normalized spacial score (nSPS) is 13.6. The molecule has 0 amide bonds. The van der Waals surface area contributed by atoms with Crippen LogP contribution in [0.4, 0.5) is 0 Å². The van der Waals surface area contributed by atoms with Gasteiger partial charge in [-0.05, 0) is 55.5 Å². The summed E-state index contributed by atoms with van der Waals surface area (Å²) in [5.41, 5.74) is 1.20. The number of rotatable bonds is 9. The second-order valence-electron chi connectivity index (χ2n) is 6.17. The molecule has 21 heavy (non-hydrogen) atoms. The van der Waals surface area contributed by atoms with Gasteiger partial charge in [0, 0.05) is 11.3 Å². The number of halogens is 1. The van der Waals surface area contributed by atoms with Crippen LogP contribution in [0.3, 0.4) is 0 Å². The molecule has 0 radical (unpaired) electrons. The van der Waals surface area contributed by atoms with Crippen LogP contribution in [0.25, 0.3) is 0 Å². The van der Waals surface area contributed by atoms with E-state index in [4.69, 9.17) is 11.6 Å². The van der Waals surface area contributed by atoms with E-state index in [1.165, 1.54) is 11.8 Å². The third-order valence-electron chi connectivity index (χ3n) is 3.32. The van der Waals surface area contributed by atoms with E-state index in [2.05, 4.69) is 19.2 Å². The Balaban J connectivity index is 2.59. The summed E-state index contributed by atoms with van der Waals surface area (Å²) >= 11 is 5.90. The molecular weight excluding hydrogens is 306 g/mol. The van der Waals surface area contributed by atoms with Gasteiger partial charge >= 0.3 is 0 Å². The van der Waals surface area contributed by atoms with Gasteiger partial charge in [0.2, 0.25) is 0 Å². The summed E-state index contributed by atoms with van der Waals surface area (Å²) in [6.45, 7) is 6.13. The molecule has 0 heterocycles. The van der Waals surface area contributed by atoms with Crippen LogP contribution in [0.1, 0.15) is 25.8 Å². The quantitative estimate of drug-likeness (QED) is 0.756. The summed E-state index contributed by atoms with van der Waals surface area (Å²) in [4.78, 5) is 0. The molecule has 0 spiro atoms. The maximum Gasteiger partial charge on any atom is 0.147 e. The predicted octanol–water partition coefficient (Wildman–Crippen LogP) is 3.18. The zero-order chi connectivity index (χ0) is 15.9. The van der Waals surface area contributed by atoms with E-state index in [1.807, 2.05) is 24.3 Å². The van der Waals surface area contributed by atoms with Crippen LogP contribution in [0.2, 0.25) is 5.02 Å². The van der Waals surface area contributed by atoms with E-state index in [1.54, 1.807) is 0 Å². The van der Waals surface area contributed by atoms with E-state index in [-0.39, 0.29) is 5.75 Å². The van der Waals surface area contributed by atoms with Crippen molar-refractivity contribution in [2.24, 2.45) is 11.8 Å². The lowest BCUT2D eigenvalue weighted by Crippen LogP contribution is -2.28. The minimum Gasteiger partial charge on any atom is -0.316 e. The highest BCUT2D eigenvalue weighted by Gasteiger charge is 2.13. The Hall–Kier alpha value is -0.580. The van der Waals surface area contributed by atoms with Crippen molar-refractivity contribution >= 4 is 21.4 Å². The highest BCUT2D eigenvalue weighted by atomic mass is 35.5. The fourth-order valence-corrected chi connectivity index (χ4v) is 3.07. The Kier molecular flexibility index (Phi) is 7.71. The van der Waals surface area contributed by atoms with Gasteiger partial charge in [-0.15, -0.1) is 0 Å². The SMILES string of the molecule is CC(C)CNCC(CCS(C)(=O)=O)Cc1ccc(Cl)cc1. The van der Waals surface area contributed by atoms with Crippen molar-refractivity contribution in [3.05, 3.63) is 34.9 Å². The molecule has 1 rings (SSSR count). The average molecular weight is 332 g/mol. The minimum absolute atomic E-state index is 0.245. The maximum atomic E-state index is 11.4. The smallest absolute Gasteiger partial charge is 0.147 e. The van der Waals surface area contributed by atoms with Crippen molar-refractivity contribution in [1.82, 2.24) is 5.32 Å². The molecule has 0 saturated heterocycles. The summed E-state index contributed by atoms with van der Waals surface area (Å²) in [5, 5.41) is 4.16. The second kappa shape index (κ2) is 8.76. The van der Waals surface area contributed by atoms with Crippen molar-refractivity contribution in [2.45, 2.75) is 26.7 Å². The standard InChI is InChI=1S/C16H26ClNO2S/c1-13(2)11-18-12-15(8-9-21(3,19)20)10-14-4-6-16(17)7-5-14/h4-7,13,15,18H,8-12H2,1-3H3. The third kappa shape index (κ3) is 9.12. The van der Waals surface area contributed by atoms with E-state index in [0.29, 0.717) is 18.3 Å². The lowest BCUT2D eigenvalue weighted by Gasteiger charge is -2.18. The largest absolute Gasteiger partial charge is 0.316 e. The number of sulfone groups is 1. The molecule has 0 aliphatic carbocycles. The van der Waals surface area contributed by atoms with Gasteiger partial charge in [0.25, 0.3) is 0 Å². The summed E-state index contributed by atoms with van der Waals surface area (Å²) < 4.78 is 22.8. The fraction of sp³-hybridized carbons (Fsp3) is 0.625. The Morgan fingerprint density at radius 2 is 1.76 bits per heavy atom. The zero-order valence-electron chi connectivity index (χ0n) is 13.1. The Morgan fingerprint density at radius 1 is 1.14 bits per heavy atom. The van der Waals surface area contributed by atoms with Crippen LogP contribution in [0, 0.1) is 11.8 Å². The molecule has 1 aromatic rings. The number of hydrogen-bond donors (Lipinski definition) is 1. The molecule has 0 aliphatic heterocycles. The molecule has 0 aliphatic rings. The van der Waals surface area contributed by atoms with Crippen LogP contribution in [0.15, 0.2) is 24.3 Å². The molecule has 1 N–H and O–H groups in total. The number of hydrogen-bond acceptors (Lipinski definition) is 3. The molecule has 5 heteroatoms. The first-order valence-electron chi connectivity index (χ1n) is 7.39. The Morgan fingerprint density at radius 3 is 2.29 bits per heavy atom. The van der Waals surface area contributed by atoms with Crippen molar-refractivity contribution in [3.63, 3.8) is 0 Å². The van der Waals surface area contributed by atoms with Gasteiger partial charge in [-0.2, -0.15) is 0 Å². The first-order chi connectivity index (χ1) is 9.76. The summed E-state index contributed by atoms with van der Waals surface area (Å²) in [7, 11) is -2.91. The molecule has 1 unspecified atom stereocenters. The molecule has 0 saturated carbocycles. The third-order valence-corrected chi connectivity index (χ3v) is 4.55. The fourth-order valence-electron chi connectivity index (χ4n) is 2.19. The first kappa shape index (κ1) is 18.5. The second-order valence-corrected chi connectivity index (χ2v) is 8.86. The molecule has 0 bridgehead atoms. The lowest BCUT2D eigenvalue weighted by atomic mass is 9.96. The van der Waals surface area contributed by atoms with Crippen LogP contribution in [-0.2, 0) is 16.3 Å². The predicted molar refractivity (Wildman–Crippen MR) is 90.7 cm³/mol. The van der Waals surface area contributed by atoms with Crippen molar-refractivity contribution in [2.75, 3.05) is 25.1 Å². The highest BCUT2D eigenvalue weighted by Crippen LogP contribution is 2.16. The van der Waals surface area contributed by atoms with E-state index < -0.39 is 9.84 Å². The molecule has 1 aromatic carbocycles. The van der Waals surface area contributed by atoms with Gasteiger partial charge < -0.3 is 5.32 Å². The molecule has 0 aromatic heterocycles. The zero-order valence-corrected chi connectivity index (χ0v) is 14.7. The lowest BCUT2D eigenvalue weighted by molar-refractivity contribution is 0.437. The Labute approximate surface area is 134 Å². The summed E-state index contributed by atoms with van der Waals surface area (Å²) in [6.07, 6.45) is 2.86. The van der Waals surface area contributed by atoms with Crippen molar-refractivity contribution in [3.8, 4) is 0 Å². The van der Waals surface area contributed by atoms with Crippen LogP contribution in [0.5, 0.6) is 0 Å². The molecular formula is C16H26ClNO2S. The van der Waals surface area contributed by atoms with Gasteiger partial charge in [-0.3, -0.25) is 0 Å². The molecule has 3 nitrogen and oxygen atoms in total. The van der Waals surface area contributed by atoms with E-state index in [9.17, 15) is 8.42 Å². The van der Waals surface area contributed by atoms with E-state index >= 15 is 0 Å². The maximum absolute atomic E-state index is 11.4. The van der Waals surface area contributed by atoms with Crippen molar-refractivity contribution in [1.29, 1.82) is 0 Å². The molecule has 120 valence electrons. The molecule has 0 fully saturated rings. The summed E-state index contributed by atoms with van der Waals surface area (Å²) in [6, 6.07) is 7.79. The monoisotopic (exact) mass is 331 g/mol. The number of benzene rings is 1. The first-order valence-corrected chi connectivity index (χ1v) is 9.83. The van der Waals surface area contributed by atoms with Gasteiger partial charge in [0.1, 0.15) is 9.84 Å². The van der Waals surface area contributed by atoms with Crippen LogP contribution in [-0.4, -0.2) is 33.5 Å². The minimum atomic E-state index is -2.91. The van der Waals surface area contributed by atoms with Crippen LogP contribution >= 0.6 is 11.6 Å².